The van der Waals surface area contributed by atoms with Crippen molar-refractivity contribution in [1.29, 1.82) is 0 Å². The van der Waals surface area contributed by atoms with E-state index in [1.54, 1.807) is 0 Å². The lowest BCUT2D eigenvalue weighted by molar-refractivity contribution is 5.33. The van der Waals surface area contributed by atoms with Gasteiger partial charge in [-0.05, 0) is 13.1 Å². The van der Waals surface area contributed by atoms with Gasteiger partial charge in [0, 0.05) is 5.59 Å². The molecule has 0 radical (unpaired) electrons. The number of rotatable bonds is 0. The van der Waals surface area contributed by atoms with Gasteiger partial charge < -0.3 is 0 Å². The van der Waals surface area contributed by atoms with Crippen molar-refractivity contribution in [1.82, 2.24) is 0 Å². The molecule has 0 N–H and O–H groups in total. The van der Waals surface area contributed by atoms with Gasteiger partial charge in [-0.3, -0.25) is 0 Å². The molecule has 7 heteroatoms. The third kappa shape index (κ3) is 2.46. The van der Waals surface area contributed by atoms with E-state index in [4.69, 9.17) is 0 Å². The van der Waals surface area contributed by atoms with E-state index in [9.17, 15) is 0 Å². The summed E-state index contributed by atoms with van der Waals surface area (Å²) < 4.78 is 0. The van der Waals surface area contributed by atoms with Crippen molar-refractivity contribution >= 4 is 61.3 Å². The summed E-state index contributed by atoms with van der Waals surface area (Å²) in [6.07, 6.45) is 0.161. The van der Waals surface area contributed by atoms with E-state index in [0.29, 0.717) is 0 Å². The Morgan fingerprint density at radius 2 is 2.14 bits per heavy atom. The Bertz CT molecular complexity index is 139. The van der Waals surface area contributed by atoms with Gasteiger partial charge in [0.15, 0.2) is 0 Å². The van der Waals surface area contributed by atoms with Crippen LogP contribution in [0.5, 0.6) is 0 Å². The van der Waals surface area contributed by atoms with Crippen molar-refractivity contribution in [2.45, 2.75) is 0 Å². The summed E-state index contributed by atoms with van der Waals surface area (Å²) in [4.78, 5) is 0. The van der Waals surface area contributed by atoms with Crippen molar-refractivity contribution in [2.24, 2.45) is 0 Å². The zero-order valence-corrected chi connectivity index (χ0v) is 9.59. The first-order chi connectivity index (χ1) is 3.29. The van der Waals surface area contributed by atoms with Crippen LogP contribution < -0.4 is 0 Å². The molecule has 1 aromatic rings. The van der Waals surface area contributed by atoms with Gasteiger partial charge in [0.05, 0.1) is 0 Å². The molecular formula is H4P4S3. The molecular weight excluding hydrogens is 220 g/mol. The lowest BCUT2D eigenvalue weighted by Gasteiger charge is -1.71. The van der Waals surface area contributed by atoms with Gasteiger partial charge in [0.1, 0.15) is 0 Å². The highest BCUT2D eigenvalue weighted by Crippen LogP contribution is 2.69. The van der Waals surface area contributed by atoms with Crippen LogP contribution in [-0.2, 0) is 0 Å². The highest BCUT2D eigenvalue weighted by atomic mass is 33.3. The molecule has 0 nitrogen and oxygen atoms in total. The van der Waals surface area contributed by atoms with Crippen LogP contribution in [0.15, 0.2) is 0 Å². The monoisotopic (exact) mass is 224 g/mol. The average molecular weight is 224 g/mol. The second-order valence-electron chi connectivity index (χ2n) is 0.867. The van der Waals surface area contributed by atoms with E-state index in [1.807, 2.05) is 10.5 Å². The largest absolute Gasteiger partial charge is 0.116 e. The van der Waals surface area contributed by atoms with Crippen LogP contribution >= 0.6 is 61.3 Å². The Morgan fingerprint density at radius 3 is 2.29 bits per heavy atom. The van der Waals surface area contributed by atoms with Crippen molar-refractivity contribution in [3.05, 3.63) is 0 Å². The number of thiol groups is 2. The molecule has 0 fully saturated rings. The van der Waals surface area contributed by atoms with Crippen LogP contribution in [0.4, 0.5) is 0 Å². The molecule has 0 amide bonds. The van der Waals surface area contributed by atoms with Gasteiger partial charge in [0.2, 0.25) is 0 Å². The molecule has 0 aliphatic rings. The van der Waals surface area contributed by atoms with E-state index >= 15 is 0 Å². The topological polar surface area (TPSA) is 0 Å². The van der Waals surface area contributed by atoms with Crippen molar-refractivity contribution in [3.63, 3.8) is 0 Å². The summed E-state index contributed by atoms with van der Waals surface area (Å²) >= 11 is 8.75. The van der Waals surface area contributed by atoms with Crippen molar-refractivity contribution in [3.8, 4) is 0 Å². The second-order valence-corrected chi connectivity index (χ2v) is 23.4. The zero-order valence-electron chi connectivity index (χ0n) is 3.20. The summed E-state index contributed by atoms with van der Waals surface area (Å²) in [7, 11) is 4.19. The second kappa shape index (κ2) is 3.33. The minimum Gasteiger partial charge on any atom is -0.116 e. The average Bonchev–Trinajstić information content (AvgIpc) is 1.87. The standard InChI is InChI=1S/H4P4S3/c5-3-1-4(6)7-2-3/h1-2,5-6H. The molecule has 0 aliphatic carbocycles. The summed E-state index contributed by atoms with van der Waals surface area (Å²) in [5, 5.41) is 0. The lowest BCUT2D eigenvalue weighted by Crippen LogP contribution is -0.860. The van der Waals surface area contributed by atoms with Crippen molar-refractivity contribution < 1.29 is 0 Å². The predicted octanol–water partition coefficient (Wildman–Crippen LogP) is 4.29. The van der Waals surface area contributed by atoms with E-state index in [1.165, 1.54) is 0 Å². The predicted molar refractivity (Wildman–Crippen MR) is 55.1 cm³/mol. The Balaban J connectivity index is 3.04. The van der Waals surface area contributed by atoms with E-state index in [0.717, 1.165) is 14.6 Å². The number of hydrogen-bond acceptors (Lipinski definition) is 3. The molecule has 0 saturated heterocycles. The molecule has 0 spiro atoms. The Hall–Kier alpha value is 2.12. The smallest absolute Gasteiger partial charge is 0.0132 e. The van der Waals surface area contributed by atoms with Gasteiger partial charge in [-0.25, -0.2) is 0 Å². The Morgan fingerprint density at radius 1 is 1.43 bits per heavy atom. The van der Waals surface area contributed by atoms with Gasteiger partial charge in [0.25, 0.3) is 0 Å². The summed E-state index contributed by atoms with van der Waals surface area (Å²) in [5.41, 5.74) is 0.0993. The summed E-state index contributed by atoms with van der Waals surface area (Å²) in [6, 6.07) is 0. The number of hydrogen-bond donors (Lipinski definition) is 2. The fourth-order valence-electron chi connectivity index (χ4n) is 0.199. The SMILES string of the molecule is Sp1[pH]sp(S)[pH]1. The molecule has 4 unspecified atom stereocenters. The van der Waals surface area contributed by atoms with E-state index < -0.39 is 0 Å². The van der Waals surface area contributed by atoms with Gasteiger partial charge >= 0.3 is 0 Å². The minimum atomic E-state index is 0.0993. The first-order valence-corrected chi connectivity index (χ1v) is 13.1. The molecule has 0 aliphatic heterocycles. The van der Waals surface area contributed by atoms with Crippen LogP contribution in [0, 0.1) is 0 Å². The molecule has 1 aromatic heterocycles. The first-order valence-electron chi connectivity index (χ1n) is 1.46. The maximum absolute atomic E-state index is 4.39. The summed E-state index contributed by atoms with van der Waals surface area (Å²) in [6.45, 7) is 0. The maximum Gasteiger partial charge on any atom is 0.0132 e. The molecule has 0 aromatic carbocycles. The molecule has 1 heterocycles. The normalized spacial score (nSPS) is 16.9. The van der Waals surface area contributed by atoms with Crippen LogP contribution in [0.2, 0.25) is 0 Å². The molecule has 0 bridgehead atoms. The van der Waals surface area contributed by atoms with Crippen LogP contribution in [0.25, 0.3) is 0 Å². The van der Waals surface area contributed by atoms with Crippen molar-refractivity contribution in [2.75, 3.05) is 0 Å². The van der Waals surface area contributed by atoms with E-state index in [2.05, 4.69) is 24.5 Å². The first kappa shape index (κ1) is 7.23. The van der Waals surface area contributed by atoms with Gasteiger partial charge in [-0.1, -0.05) is 18.1 Å². The minimum absolute atomic E-state index is 0.0993. The maximum atomic E-state index is 4.39. The highest BCUT2D eigenvalue weighted by molar-refractivity contribution is 8.90. The quantitative estimate of drug-likeness (QED) is 0.603. The van der Waals surface area contributed by atoms with Gasteiger partial charge in [-0.15, -0.1) is 24.5 Å². The molecule has 0 saturated carbocycles. The summed E-state index contributed by atoms with van der Waals surface area (Å²) in [5.74, 6) is 0. The molecule has 1 rings (SSSR count). The molecule has 4 atom stereocenters. The third-order valence-electron chi connectivity index (χ3n) is 0.394. The Kier molecular flexibility index (Phi) is 3.44. The van der Waals surface area contributed by atoms with Crippen LogP contribution in [-0.4, -0.2) is 0 Å². The van der Waals surface area contributed by atoms with Crippen LogP contribution in [0.1, 0.15) is 0 Å². The van der Waals surface area contributed by atoms with E-state index in [-0.39, 0.29) is 11.7 Å². The molecule has 7 heavy (non-hydrogen) atoms. The third-order valence-corrected chi connectivity index (χ3v) is 31.9. The lowest BCUT2D eigenvalue weighted by atomic mass is 29.4. The highest BCUT2D eigenvalue weighted by Gasteiger charge is 1.83. The zero-order chi connectivity index (χ0) is 5.28. The van der Waals surface area contributed by atoms with Gasteiger partial charge in [-0.2, -0.15) is 0 Å². The molecule has 42 valence electrons. The fraction of sp³-hybridized carbons (Fsp3) is 0. The van der Waals surface area contributed by atoms with Crippen LogP contribution in [0.3, 0.4) is 0 Å². The Labute approximate surface area is 61.2 Å². The fourth-order valence-corrected chi connectivity index (χ4v) is 48.4.